The molecular weight excluding hydrogens is 454 g/mol. The third kappa shape index (κ3) is 7.82. The zero-order valence-electron chi connectivity index (χ0n) is 23.0. The predicted molar refractivity (Wildman–Crippen MR) is 144 cm³/mol. The fourth-order valence-electron chi connectivity index (χ4n) is 4.45. The van der Waals surface area contributed by atoms with Crippen LogP contribution in [0.1, 0.15) is 92.9 Å². The number of carboxylic acids is 1. The molecule has 0 saturated heterocycles. The molecule has 2 aromatic carbocycles. The highest BCUT2D eigenvalue weighted by Gasteiger charge is 2.29. The minimum Gasteiger partial charge on any atom is -0.488 e. The number of ether oxygens (including phenoxy) is 1. The van der Waals surface area contributed by atoms with E-state index in [2.05, 4.69) is 24.4 Å². The van der Waals surface area contributed by atoms with Gasteiger partial charge in [-0.15, -0.1) is 0 Å². The summed E-state index contributed by atoms with van der Waals surface area (Å²) >= 11 is 0. The number of amides is 1. The Morgan fingerprint density at radius 3 is 2.22 bits per heavy atom. The minimum absolute atomic E-state index is 0.250. The molecule has 0 aliphatic rings. The Kier molecular flexibility index (Phi) is 10.1. The van der Waals surface area contributed by atoms with E-state index in [0.29, 0.717) is 11.5 Å². The highest BCUT2D eigenvalue weighted by molar-refractivity contribution is 5.97. The highest BCUT2D eigenvalue weighted by Crippen LogP contribution is 2.30. The minimum atomic E-state index is -1.06. The molecule has 0 spiro atoms. The van der Waals surface area contributed by atoms with E-state index in [1.807, 2.05) is 59.7 Å². The average molecular weight is 498 g/mol. The topological polar surface area (TPSA) is 95.9 Å². The molecule has 0 aliphatic heterocycles. The van der Waals surface area contributed by atoms with Crippen molar-refractivity contribution in [1.82, 2.24) is 5.32 Å². The molecule has 0 aromatic heterocycles. The Labute approximate surface area is 216 Å². The molecule has 36 heavy (non-hydrogen) atoms. The molecule has 2 rings (SSSR count). The highest BCUT2D eigenvalue weighted by atomic mass is 16.5. The lowest BCUT2D eigenvalue weighted by atomic mass is 9.86. The summed E-state index contributed by atoms with van der Waals surface area (Å²) in [6.07, 6.45) is 1.99. The summed E-state index contributed by atoms with van der Waals surface area (Å²) in [4.78, 5) is 23.5. The van der Waals surface area contributed by atoms with Gasteiger partial charge in [0.25, 0.3) is 5.91 Å². The maximum atomic E-state index is 12.5. The van der Waals surface area contributed by atoms with Crippen molar-refractivity contribution in [3.63, 3.8) is 0 Å². The van der Waals surface area contributed by atoms with Crippen LogP contribution in [0.3, 0.4) is 0 Å². The molecule has 198 valence electrons. The maximum absolute atomic E-state index is 12.5. The fraction of sp³-hybridized carbons (Fsp3) is 0.533. The number of nitrogens with one attached hydrogen (secondary N) is 1. The van der Waals surface area contributed by atoms with Crippen molar-refractivity contribution < 1.29 is 24.5 Å². The number of benzene rings is 2. The Hall–Kier alpha value is -2.86. The van der Waals surface area contributed by atoms with Gasteiger partial charge in [0.2, 0.25) is 0 Å². The quantitative estimate of drug-likeness (QED) is 0.364. The smallest absolute Gasteiger partial charge is 0.325 e. The van der Waals surface area contributed by atoms with Gasteiger partial charge >= 0.3 is 5.97 Å². The van der Waals surface area contributed by atoms with Gasteiger partial charge in [-0.3, -0.25) is 9.59 Å². The number of hydrogen-bond donors (Lipinski definition) is 3. The Morgan fingerprint density at radius 1 is 1.03 bits per heavy atom. The number of carbonyl (C=O) groups excluding carboxylic acids is 1. The van der Waals surface area contributed by atoms with E-state index in [1.165, 1.54) is 18.1 Å². The summed E-state index contributed by atoms with van der Waals surface area (Å²) in [5, 5.41) is 22.1. The van der Waals surface area contributed by atoms with Crippen molar-refractivity contribution >= 4 is 11.9 Å². The number of aliphatic carboxylic acids is 1. The summed E-state index contributed by atoms with van der Waals surface area (Å²) in [5.74, 6) is -0.292. The average Bonchev–Trinajstić information content (AvgIpc) is 2.79. The normalized spacial score (nSPS) is 15.0. The SMILES string of the molecule is CCC(CCc1ccc(OC(C)C(O)C(C)(C)C)c(C)c1)c1ccc(C(=O)NC(C)C(=O)O)c(C)c1. The number of carboxylic acid groups (broad SMARTS) is 1. The summed E-state index contributed by atoms with van der Waals surface area (Å²) < 4.78 is 6.07. The Bertz CT molecular complexity index is 1060. The van der Waals surface area contributed by atoms with E-state index in [9.17, 15) is 14.7 Å². The Morgan fingerprint density at radius 2 is 1.69 bits per heavy atom. The van der Waals surface area contributed by atoms with E-state index in [4.69, 9.17) is 9.84 Å². The number of rotatable bonds is 11. The van der Waals surface area contributed by atoms with Crippen LogP contribution in [0, 0.1) is 19.3 Å². The second-order valence-electron chi connectivity index (χ2n) is 11.0. The van der Waals surface area contributed by atoms with Crippen LogP contribution in [0.2, 0.25) is 0 Å². The fourth-order valence-corrected chi connectivity index (χ4v) is 4.45. The standard InChI is InChI=1S/C30H43NO5/c1-9-23(24-13-14-25(18(2)17-24)28(33)31-20(4)29(34)35)12-10-22-11-15-26(19(3)16-22)36-21(5)27(32)30(6,7)8/h11,13-17,20-21,23,27,32H,9-10,12H2,1-8H3,(H,31,33)(H,34,35). The lowest BCUT2D eigenvalue weighted by Gasteiger charge is -2.31. The summed E-state index contributed by atoms with van der Waals surface area (Å²) in [6, 6.07) is 11.1. The van der Waals surface area contributed by atoms with Crippen LogP contribution in [0.5, 0.6) is 5.75 Å². The number of aliphatic hydroxyl groups excluding tert-OH is 1. The van der Waals surface area contributed by atoms with Crippen molar-refractivity contribution in [2.45, 2.75) is 98.8 Å². The summed E-state index contributed by atoms with van der Waals surface area (Å²) in [7, 11) is 0. The third-order valence-electron chi connectivity index (χ3n) is 6.84. The van der Waals surface area contributed by atoms with Gasteiger partial charge < -0.3 is 20.3 Å². The molecule has 0 aliphatic carbocycles. The molecule has 2 aromatic rings. The van der Waals surface area contributed by atoms with Gasteiger partial charge in [0, 0.05) is 5.56 Å². The molecule has 6 nitrogen and oxygen atoms in total. The Balaban J connectivity index is 2.06. The zero-order chi connectivity index (χ0) is 27.2. The van der Waals surface area contributed by atoms with Crippen molar-refractivity contribution in [3.8, 4) is 5.75 Å². The first-order valence-electron chi connectivity index (χ1n) is 12.8. The summed E-state index contributed by atoms with van der Waals surface area (Å²) in [5.41, 5.74) is 4.55. The van der Waals surface area contributed by atoms with Crippen LogP contribution in [-0.4, -0.2) is 40.3 Å². The van der Waals surface area contributed by atoms with Gasteiger partial charge in [-0.25, -0.2) is 0 Å². The van der Waals surface area contributed by atoms with Crippen molar-refractivity contribution in [2.24, 2.45) is 5.41 Å². The predicted octanol–water partition coefficient (Wildman–Crippen LogP) is 5.81. The van der Waals surface area contributed by atoms with Crippen molar-refractivity contribution in [2.75, 3.05) is 0 Å². The first-order chi connectivity index (χ1) is 16.7. The van der Waals surface area contributed by atoms with Crippen LogP contribution >= 0.6 is 0 Å². The van der Waals surface area contributed by atoms with E-state index in [0.717, 1.165) is 36.1 Å². The monoisotopic (exact) mass is 497 g/mol. The molecule has 4 unspecified atom stereocenters. The third-order valence-corrected chi connectivity index (χ3v) is 6.84. The van der Waals surface area contributed by atoms with E-state index in [-0.39, 0.29) is 17.4 Å². The zero-order valence-corrected chi connectivity index (χ0v) is 23.0. The van der Waals surface area contributed by atoms with Gasteiger partial charge in [-0.1, -0.05) is 52.0 Å². The number of aliphatic hydroxyl groups is 1. The molecule has 3 N–H and O–H groups in total. The van der Waals surface area contributed by atoms with Gasteiger partial charge in [-0.2, -0.15) is 0 Å². The maximum Gasteiger partial charge on any atom is 0.325 e. The molecule has 0 radical (unpaired) electrons. The van der Waals surface area contributed by atoms with Crippen LogP contribution in [-0.2, 0) is 11.2 Å². The largest absolute Gasteiger partial charge is 0.488 e. The molecular formula is C30H43NO5. The van der Waals surface area contributed by atoms with Crippen LogP contribution in [0.4, 0.5) is 0 Å². The van der Waals surface area contributed by atoms with Gasteiger partial charge in [0.15, 0.2) is 0 Å². The van der Waals surface area contributed by atoms with Crippen molar-refractivity contribution in [3.05, 3.63) is 64.2 Å². The number of hydrogen-bond acceptors (Lipinski definition) is 4. The van der Waals surface area contributed by atoms with E-state index in [1.54, 1.807) is 6.07 Å². The first-order valence-corrected chi connectivity index (χ1v) is 12.8. The van der Waals surface area contributed by atoms with Gasteiger partial charge in [-0.05, 0) is 92.7 Å². The van der Waals surface area contributed by atoms with Gasteiger partial charge in [0.05, 0.1) is 6.10 Å². The second-order valence-corrected chi connectivity index (χ2v) is 11.0. The molecule has 6 heteroatoms. The second kappa shape index (κ2) is 12.4. The lowest BCUT2D eigenvalue weighted by Crippen LogP contribution is -2.39. The van der Waals surface area contributed by atoms with Crippen LogP contribution in [0.25, 0.3) is 0 Å². The first kappa shape index (κ1) is 29.4. The van der Waals surface area contributed by atoms with Crippen LogP contribution < -0.4 is 10.1 Å². The van der Waals surface area contributed by atoms with Gasteiger partial charge in [0.1, 0.15) is 17.9 Å². The van der Waals surface area contributed by atoms with Crippen molar-refractivity contribution in [1.29, 1.82) is 0 Å². The number of carbonyl (C=O) groups is 2. The molecule has 1 amide bonds. The molecule has 0 saturated carbocycles. The molecule has 0 bridgehead atoms. The molecule has 4 atom stereocenters. The lowest BCUT2D eigenvalue weighted by molar-refractivity contribution is -0.138. The molecule has 0 heterocycles. The summed E-state index contributed by atoms with van der Waals surface area (Å²) in [6.45, 7) is 15.4. The van der Waals surface area contributed by atoms with Crippen LogP contribution in [0.15, 0.2) is 36.4 Å². The molecule has 0 fully saturated rings. The number of aryl methyl sites for hydroxylation is 3. The van der Waals surface area contributed by atoms with E-state index >= 15 is 0 Å². The van der Waals surface area contributed by atoms with E-state index < -0.39 is 18.1 Å².